The minimum atomic E-state index is -4.85. The molecule has 1 aliphatic heterocycles. The molecule has 0 bridgehead atoms. The summed E-state index contributed by atoms with van der Waals surface area (Å²) >= 11 is 0. The number of oxazole rings is 1. The summed E-state index contributed by atoms with van der Waals surface area (Å²) in [5, 5.41) is 21.9. The number of aryl methyl sites for hydroxylation is 1. The van der Waals surface area contributed by atoms with Crippen molar-refractivity contribution in [1.29, 1.82) is 5.53 Å². The Bertz CT molecular complexity index is 1530. The number of aromatic nitrogens is 4. The molecule has 1 unspecified atom stereocenters. The standard InChI is InChI=1S/C22H21F3N10O5/c1-21(2)14(30-32-26)8-34(19(21)37)16-12(7-33(3)31-16)28-17(36)13-9-40-18(29-13)11-4-5-27-15(6-11)35(20(38)39)10-22(23,24)25/h4-7,9,14,26H,8,10H2,1-3H3,(H-,28,36,38,39). The van der Waals surface area contributed by atoms with Gasteiger partial charge < -0.3 is 24.5 Å². The van der Waals surface area contributed by atoms with Crippen LogP contribution in [0, 0.1) is 10.9 Å². The molecule has 3 aromatic heterocycles. The Kier molecular flexibility index (Phi) is 7.13. The van der Waals surface area contributed by atoms with Gasteiger partial charge in [-0.1, -0.05) is 0 Å². The van der Waals surface area contributed by atoms with Gasteiger partial charge in [0.1, 0.15) is 41.1 Å². The number of nitrogens with zero attached hydrogens (tertiary/aromatic N) is 8. The van der Waals surface area contributed by atoms with E-state index in [1.807, 2.05) is 0 Å². The van der Waals surface area contributed by atoms with Crippen LogP contribution in [0.1, 0.15) is 24.3 Å². The van der Waals surface area contributed by atoms with Crippen molar-refractivity contribution >= 4 is 35.2 Å². The number of hydrogen-bond acceptors (Lipinski definition) is 10. The first-order chi connectivity index (χ1) is 18.7. The summed E-state index contributed by atoms with van der Waals surface area (Å²) in [5.74, 6) is -1.76. The monoisotopic (exact) mass is 562 g/mol. The fourth-order valence-corrected chi connectivity index (χ4v) is 3.99. The molecule has 210 valence electrons. The van der Waals surface area contributed by atoms with E-state index in [2.05, 4.69) is 30.4 Å². The van der Waals surface area contributed by atoms with E-state index >= 15 is 0 Å². The zero-order valence-corrected chi connectivity index (χ0v) is 21.1. The predicted molar refractivity (Wildman–Crippen MR) is 127 cm³/mol. The Hall–Kier alpha value is -5.12. The average Bonchev–Trinajstić information content (AvgIpc) is 3.56. The molecule has 3 amide bonds. The quantitative estimate of drug-likeness (QED) is 0.320. The van der Waals surface area contributed by atoms with E-state index in [0.29, 0.717) is 0 Å². The lowest BCUT2D eigenvalue weighted by Gasteiger charge is -2.25. The third kappa shape index (κ3) is 5.51. The number of alkyl halides is 3. The number of nitrogens with one attached hydrogen (secondary N) is 2. The van der Waals surface area contributed by atoms with Crippen LogP contribution >= 0.6 is 0 Å². The Morgan fingerprint density at radius 3 is 2.77 bits per heavy atom. The van der Waals surface area contributed by atoms with E-state index < -0.39 is 42.0 Å². The molecule has 4 rings (SSSR count). The van der Waals surface area contributed by atoms with Gasteiger partial charge >= 0.3 is 6.18 Å². The van der Waals surface area contributed by atoms with Crippen molar-refractivity contribution in [2.24, 2.45) is 17.6 Å². The van der Waals surface area contributed by atoms with Gasteiger partial charge in [-0.25, -0.2) is 9.97 Å². The van der Waals surface area contributed by atoms with Crippen LogP contribution in [0.5, 0.6) is 0 Å². The minimum Gasteiger partial charge on any atom is -0.530 e. The van der Waals surface area contributed by atoms with Gasteiger partial charge in [0.15, 0.2) is 17.6 Å². The van der Waals surface area contributed by atoms with Crippen molar-refractivity contribution in [2.75, 3.05) is 28.2 Å². The summed E-state index contributed by atoms with van der Waals surface area (Å²) in [4.78, 5) is 49.2. The lowest BCUT2D eigenvalue weighted by molar-refractivity contribution is -0.248. The van der Waals surface area contributed by atoms with Crippen LogP contribution in [0.3, 0.4) is 0 Å². The number of pyridine rings is 1. The van der Waals surface area contributed by atoms with Gasteiger partial charge in [0.2, 0.25) is 16.7 Å². The van der Waals surface area contributed by atoms with Gasteiger partial charge in [0, 0.05) is 18.8 Å². The van der Waals surface area contributed by atoms with Crippen molar-refractivity contribution in [3.05, 3.63) is 36.5 Å². The molecular weight excluding hydrogens is 541 g/mol. The molecule has 15 nitrogen and oxygen atoms in total. The summed E-state index contributed by atoms with van der Waals surface area (Å²) < 4.78 is 45.1. The van der Waals surface area contributed by atoms with E-state index in [1.165, 1.54) is 21.8 Å². The molecule has 0 radical (unpaired) electrons. The lowest BCUT2D eigenvalue weighted by Crippen LogP contribution is -2.46. The first kappa shape index (κ1) is 27.9. The molecule has 1 saturated heterocycles. The molecule has 40 heavy (non-hydrogen) atoms. The molecule has 3 aromatic rings. The van der Waals surface area contributed by atoms with Gasteiger partial charge in [-0.05, 0) is 26.0 Å². The van der Waals surface area contributed by atoms with E-state index in [9.17, 15) is 32.7 Å². The van der Waals surface area contributed by atoms with Crippen LogP contribution in [0.15, 0.2) is 40.3 Å². The first-order valence-corrected chi connectivity index (χ1v) is 11.4. The largest absolute Gasteiger partial charge is 0.530 e. The second-order valence-corrected chi connectivity index (χ2v) is 9.27. The summed E-state index contributed by atoms with van der Waals surface area (Å²) in [6.07, 6.45) is -3.47. The van der Waals surface area contributed by atoms with Crippen molar-refractivity contribution in [2.45, 2.75) is 26.1 Å². The fraction of sp³-hybridized carbons (Fsp3) is 0.364. The maximum absolute atomic E-state index is 13.0. The van der Waals surface area contributed by atoms with Crippen LogP contribution in [0.4, 0.5) is 35.3 Å². The Morgan fingerprint density at radius 2 is 2.12 bits per heavy atom. The number of amides is 3. The Labute approximate surface area is 222 Å². The summed E-state index contributed by atoms with van der Waals surface area (Å²) in [7, 11) is 1.58. The maximum Gasteiger partial charge on any atom is 0.406 e. The predicted octanol–water partition coefficient (Wildman–Crippen LogP) is 1.73. The second-order valence-electron chi connectivity index (χ2n) is 9.27. The highest BCUT2D eigenvalue weighted by atomic mass is 19.4. The number of rotatable bonds is 7. The van der Waals surface area contributed by atoms with Crippen LogP contribution < -0.4 is 25.1 Å². The highest BCUT2D eigenvalue weighted by Gasteiger charge is 2.52. The molecule has 1 fully saturated rings. The molecular formula is C22H21F3N10O5. The zero-order valence-electron chi connectivity index (χ0n) is 21.1. The molecule has 4 heterocycles. The first-order valence-electron chi connectivity index (χ1n) is 11.4. The van der Waals surface area contributed by atoms with Gasteiger partial charge in [0.25, 0.3) is 5.91 Å². The van der Waals surface area contributed by atoms with Crippen molar-refractivity contribution in [1.82, 2.24) is 24.7 Å². The number of anilines is 3. The van der Waals surface area contributed by atoms with E-state index in [4.69, 9.17) is 9.95 Å². The molecule has 18 heteroatoms. The van der Waals surface area contributed by atoms with E-state index in [0.717, 1.165) is 18.5 Å². The number of hydrogen-bond donors (Lipinski definition) is 2. The molecule has 0 aromatic carbocycles. The second kappa shape index (κ2) is 10.2. The number of halogens is 3. The van der Waals surface area contributed by atoms with E-state index in [1.54, 1.807) is 20.9 Å². The molecule has 0 spiro atoms. The molecule has 1 atom stereocenters. The van der Waals surface area contributed by atoms with Gasteiger partial charge in [-0.3, -0.25) is 19.2 Å². The maximum atomic E-state index is 13.0. The van der Waals surface area contributed by atoms with Crippen LogP contribution in [-0.2, 0) is 11.8 Å². The Balaban J connectivity index is 1.56. The van der Waals surface area contributed by atoms with Crippen molar-refractivity contribution in [3.8, 4) is 11.5 Å². The van der Waals surface area contributed by atoms with Gasteiger partial charge in [0.05, 0.1) is 18.2 Å². The lowest BCUT2D eigenvalue weighted by atomic mass is 9.88. The summed E-state index contributed by atoms with van der Waals surface area (Å²) in [5.41, 5.74) is 6.02. The molecule has 2 N–H and O–H groups in total. The summed E-state index contributed by atoms with van der Waals surface area (Å²) in [6, 6.07) is 1.66. The van der Waals surface area contributed by atoms with Crippen molar-refractivity contribution in [3.63, 3.8) is 0 Å². The van der Waals surface area contributed by atoms with Gasteiger partial charge in [-0.2, -0.15) is 18.3 Å². The highest BCUT2D eigenvalue weighted by molar-refractivity contribution is 6.07. The highest BCUT2D eigenvalue weighted by Crippen LogP contribution is 2.38. The smallest absolute Gasteiger partial charge is 0.406 e. The average molecular weight is 562 g/mol. The topological polar surface area (TPSA) is 200 Å². The summed E-state index contributed by atoms with van der Waals surface area (Å²) in [6.45, 7) is 1.55. The number of carbonyl (C=O) groups excluding carboxylic acids is 3. The van der Waals surface area contributed by atoms with Crippen molar-refractivity contribution < 1.29 is 37.1 Å². The number of carboxylic acid groups (broad SMARTS) is 1. The minimum absolute atomic E-state index is 0.0408. The molecule has 0 saturated carbocycles. The Morgan fingerprint density at radius 1 is 1.40 bits per heavy atom. The third-order valence-corrected chi connectivity index (χ3v) is 6.06. The number of carbonyl (C=O) groups is 3. The zero-order chi connectivity index (χ0) is 29.4. The van der Waals surface area contributed by atoms with Crippen LogP contribution in [-0.4, -0.2) is 63.0 Å². The molecule has 0 aliphatic carbocycles. The molecule has 1 aliphatic rings. The fourth-order valence-electron chi connectivity index (χ4n) is 3.99. The third-order valence-electron chi connectivity index (χ3n) is 6.06. The SMILES string of the molecule is Cn1cc(NC(=O)c2coc(-c3ccnc(N(CC(F)(F)F)C(=O)[O-])c3)n2)c(N2CC(N=[N+]=N)C(C)(C)C2=O)n1. The van der Waals surface area contributed by atoms with E-state index in [-0.39, 0.29) is 46.0 Å². The normalized spacial score (nSPS) is 16.5. The van der Waals surface area contributed by atoms with Gasteiger partial charge in [-0.15, -0.1) is 0 Å². The van der Waals surface area contributed by atoms with Crippen LogP contribution in [0.25, 0.3) is 11.5 Å². The van der Waals surface area contributed by atoms with Crippen LogP contribution in [0.2, 0.25) is 0 Å².